The van der Waals surface area contributed by atoms with E-state index in [0.717, 1.165) is 38.2 Å². The van der Waals surface area contributed by atoms with Crippen LogP contribution in [0.5, 0.6) is 0 Å². The topological polar surface area (TPSA) is 51.8 Å². The van der Waals surface area contributed by atoms with Gasteiger partial charge in [-0.2, -0.15) is 0 Å². The van der Waals surface area contributed by atoms with E-state index in [2.05, 4.69) is 38.0 Å². The maximum atomic E-state index is 5.55. The zero-order chi connectivity index (χ0) is 13.2. The molecule has 96 valence electrons. The lowest BCUT2D eigenvalue weighted by molar-refractivity contribution is 0.936. The number of aromatic nitrogens is 2. The van der Waals surface area contributed by atoms with E-state index in [9.17, 15) is 0 Å². The molecule has 3 rings (SSSR count). The summed E-state index contributed by atoms with van der Waals surface area (Å²) in [5.74, 6) is 0. The lowest BCUT2D eigenvalue weighted by Crippen LogP contribution is -2.02. The van der Waals surface area contributed by atoms with Gasteiger partial charge in [-0.15, -0.1) is 11.3 Å². The van der Waals surface area contributed by atoms with E-state index in [1.165, 1.54) is 0 Å². The number of rotatable bonds is 3. The quantitative estimate of drug-likeness (QED) is 0.796. The molecule has 0 radical (unpaired) electrons. The van der Waals surface area contributed by atoms with E-state index in [1.54, 1.807) is 11.3 Å². The van der Waals surface area contributed by atoms with Crippen LogP contribution in [-0.2, 0) is 6.42 Å². The van der Waals surface area contributed by atoms with Crippen molar-refractivity contribution >= 4 is 38.2 Å². The third kappa shape index (κ3) is 2.54. The highest BCUT2D eigenvalue weighted by atomic mass is 79.9. The van der Waals surface area contributed by atoms with Gasteiger partial charge in [-0.1, -0.05) is 18.2 Å². The zero-order valence-electron chi connectivity index (χ0n) is 10.1. The summed E-state index contributed by atoms with van der Waals surface area (Å²) in [7, 11) is 0. The van der Waals surface area contributed by atoms with Crippen LogP contribution < -0.4 is 5.73 Å². The standard InChI is InChI=1S/C14H12BrN3S/c15-11-7-9-3-1-2-4-12(9)18-13(11)14-17-10(5-6-16)8-19-14/h1-4,7-8H,5-6,16H2. The maximum absolute atomic E-state index is 5.55. The predicted octanol–water partition coefficient (Wildman–Crippen LogP) is 3.62. The Hall–Kier alpha value is -1.30. The number of thiazole rings is 1. The van der Waals surface area contributed by atoms with Crippen LogP contribution in [0, 0.1) is 0 Å². The molecule has 0 aliphatic rings. The predicted molar refractivity (Wildman–Crippen MR) is 83.3 cm³/mol. The van der Waals surface area contributed by atoms with Crippen molar-refractivity contribution < 1.29 is 0 Å². The first-order valence-corrected chi connectivity index (χ1v) is 7.65. The van der Waals surface area contributed by atoms with E-state index in [4.69, 9.17) is 5.73 Å². The average molecular weight is 334 g/mol. The number of pyridine rings is 1. The summed E-state index contributed by atoms with van der Waals surface area (Å²) in [6.07, 6.45) is 0.807. The molecular weight excluding hydrogens is 322 g/mol. The average Bonchev–Trinajstić information content (AvgIpc) is 2.87. The SMILES string of the molecule is NCCc1csc(-c2nc3ccccc3cc2Br)n1. The molecule has 0 atom stereocenters. The highest BCUT2D eigenvalue weighted by Crippen LogP contribution is 2.31. The molecule has 0 fully saturated rings. The van der Waals surface area contributed by atoms with Gasteiger partial charge in [-0.05, 0) is 34.6 Å². The molecule has 3 aromatic rings. The van der Waals surface area contributed by atoms with Crippen molar-refractivity contribution in [3.8, 4) is 10.7 Å². The minimum absolute atomic E-state index is 0.621. The number of hydrogen-bond acceptors (Lipinski definition) is 4. The number of halogens is 1. The van der Waals surface area contributed by atoms with E-state index in [-0.39, 0.29) is 0 Å². The minimum atomic E-state index is 0.621. The molecular formula is C14H12BrN3S. The van der Waals surface area contributed by atoms with Gasteiger partial charge in [0.2, 0.25) is 0 Å². The summed E-state index contributed by atoms with van der Waals surface area (Å²) in [5.41, 5.74) is 8.46. The lowest BCUT2D eigenvalue weighted by Gasteiger charge is -2.03. The maximum Gasteiger partial charge on any atom is 0.143 e. The second-order valence-corrected chi connectivity index (χ2v) is 5.91. The van der Waals surface area contributed by atoms with Gasteiger partial charge in [0.05, 0.1) is 11.2 Å². The molecule has 0 bridgehead atoms. The molecule has 2 heterocycles. The molecule has 3 nitrogen and oxygen atoms in total. The van der Waals surface area contributed by atoms with Gasteiger partial charge in [-0.25, -0.2) is 9.97 Å². The Bertz CT molecular complexity index is 724. The monoisotopic (exact) mass is 333 g/mol. The Labute approximate surface area is 123 Å². The molecule has 0 aliphatic carbocycles. The van der Waals surface area contributed by atoms with Gasteiger partial charge >= 0.3 is 0 Å². The van der Waals surface area contributed by atoms with Gasteiger partial charge < -0.3 is 5.73 Å². The fraction of sp³-hybridized carbons (Fsp3) is 0.143. The Morgan fingerprint density at radius 1 is 1.21 bits per heavy atom. The molecule has 1 aromatic carbocycles. The Morgan fingerprint density at radius 2 is 2.05 bits per heavy atom. The third-order valence-corrected chi connectivity index (χ3v) is 4.33. The van der Waals surface area contributed by atoms with Crippen LogP contribution in [0.4, 0.5) is 0 Å². The minimum Gasteiger partial charge on any atom is -0.330 e. The van der Waals surface area contributed by atoms with Crippen molar-refractivity contribution in [2.75, 3.05) is 6.54 Å². The third-order valence-electron chi connectivity index (χ3n) is 2.83. The second kappa shape index (κ2) is 5.36. The van der Waals surface area contributed by atoms with Gasteiger partial charge in [0.1, 0.15) is 10.7 Å². The number of hydrogen-bond donors (Lipinski definition) is 1. The van der Waals surface area contributed by atoms with E-state index >= 15 is 0 Å². The molecule has 0 aliphatic heterocycles. The summed E-state index contributed by atoms with van der Waals surface area (Å²) in [4.78, 5) is 9.27. The van der Waals surface area contributed by atoms with Crippen LogP contribution >= 0.6 is 27.3 Å². The molecule has 2 aromatic heterocycles. The molecule has 5 heteroatoms. The van der Waals surface area contributed by atoms with Gasteiger partial charge in [0.15, 0.2) is 0 Å². The molecule has 2 N–H and O–H groups in total. The largest absolute Gasteiger partial charge is 0.330 e. The van der Waals surface area contributed by atoms with E-state index in [0.29, 0.717) is 6.54 Å². The molecule has 19 heavy (non-hydrogen) atoms. The molecule has 0 unspecified atom stereocenters. The molecule has 0 amide bonds. The summed E-state index contributed by atoms with van der Waals surface area (Å²) in [6, 6.07) is 10.2. The number of fused-ring (bicyclic) bond motifs is 1. The Balaban J connectivity index is 2.10. The first-order valence-electron chi connectivity index (χ1n) is 5.98. The molecule has 0 spiro atoms. The number of para-hydroxylation sites is 1. The highest BCUT2D eigenvalue weighted by Gasteiger charge is 2.11. The van der Waals surface area contributed by atoms with E-state index in [1.807, 2.05) is 23.6 Å². The molecule has 0 saturated carbocycles. The summed E-state index contributed by atoms with van der Waals surface area (Å²) in [5, 5.41) is 4.10. The van der Waals surface area contributed by atoms with Gasteiger partial charge in [0, 0.05) is 21.7 Å². The van der Waals surface area contributed by atoms with Crippen molar-refractivity contribution in [1.29, 1.82) is 0 Å². The highest BCUT2D eigenvalue weighted by molar-refractivity contribution is 9.10. The van der Waals surface area contributed by atoms with Crippen LogP contribution in [-0.4, -0.2) is 16.5 Å². The number of nitrogens with zero attached hydrogens (tertiary/aromatic N) is 2. The first-order chi connectivity index (χ1) is 9.28. The van der Waals surface area contributed by atoms with Crippen LogP contribution in [0.1, 0.15) is 5.69 Å². The van der Waals surface area contributed by atoms with Crippen molar-refractivity contribution in [2.24, 2.45) is 5.73 Å². The Kier molecular flexibility index (Phi) is 3.59. The van der Waals surface area contributed by atoms with Crippen molar-refractivity contribution in [1.82, 2.24) is 9.97 Å². The Morgan fingerprint density at radius 3 is 2.89 bits per heavy atom. The number of nitrogens with two attached hydrogens (primary N) is 1. The fourth-order valence-corrected chi connectivity index (χ4v) is 3.43. The van der Waals surface area contributed by atoms with Crippen LogP contribution in [0.25, 0.3) is 21.6 Å². The summed E-state index contributed by atoms with van der Waals surface area (Å²) >= 11 is 5.19. The van der Waals surface area contributed by atoms with Crippen LogP contribution in [0.2, 0.25) is 0 Å². The van der Waals surface area contributed by atoms with Gasteiger partial charge in [0.25, 0.3) is 0 Å². The van der Waals surface area contributed by atoms with Crippen molar-refractivity contribution in [3.05, 3.63) is 45.9 Å². The van der Waals surface area contributed by atoms with E-state index < -0.39 is 0 Å². The fourth-order valence-electron chi connectivity index (χ4n) is 1.92. The second-order valence-electron chi connectivity index (χ2n) is 4.19. The first kappa shape index (κ1) is 12.7. The normalized spacial score (nSPS) is 11.1. The molecule has 0 saturated heterocycles. The summed E-state index contributed by atoms with van der Waals surface area (Å²) in [6.45, 7) is 0.621. The smallest absolute Gasteiger partial charge is 0.143 e. The zero-order valence-corrected chi connectivity index (χ0v) is 12.5. The number of benzene rings is 1. The van der Waals surface area contributed by atoms with Crippen molar-refractivity contribution in [3.63, 3.8) is 0 Å². The lowest BCUT2D eigenvalue weighted by atomic mass is 10.2. The van der Waals surface area contributed by atoms with Crippen LogP contribution in [0.15, 0.2) is 40.2 Å². The van der Waals surface area contributed by atoms with Gasteiger partial charge in [-0.3, -0.25) is 0 Å². The van der Waals surface area contributed by atoms with Crippen molar-refractivity contribution in [2.45, 2.75) is 6.42 Å². The van der Waals surface area contributed by atoms with Crippen LogP contribution in [0.3, 0.4) is 0 Å². The summed E-state index contributed by atoms with van der Waals surface area (Å²) < 4.78 is 0.972.